The fourth-order valence-corrected chi connectivity index (χ4v) is 3.86. The Hall–Kier alpha value is -2.00. The Morgan fingerprint density at radius 2 is 2.19 bits per heavy atom. The molecule has 9 heteroatoms. The number of likely N-dealkylation sites (tertiary alicyclic amines) is 1. The summed E-state index contributed by atoms with van der Waals surface area (Å²) in [7, 11) is 1.38. The first kappa shape index (κ1) is 18.8. The summed E-state index contributed by atoms with van der Waals surface area (Å²) in [5.41, 5.74) is 0.624. The molecule has 26 heavy (non-hydrogen) atoms. The number of rotatable bonds is 7. The van der Waals surface area contributed by atoms with Crippen LogP contribution in [0.15, 0.2) is 12.1 Å². The fourth-order valence-electron chi connectivity index (χ4n) is 3.86. The minimum Gasteiger partial charge on any atom is -0.493 e. The van der Waals surface area contributed by atoms with Crippen LogP contribution in [0.3, 0.4) is 0 Å². The summed E-state index contributed by atoms with van der Waals surface area (Å²) in [5, 5.41) is 14.9. The molecule has 0 amide bonds. The second-order valence-corrected chi connectivity index (χ2v) is 6.98. The van der Waals surface area contributed by atoms with Gasteiger partial charge in [-0.05, 0) is 37.4 Å². The van der Waals surface area contributed by atoms with Gasteiger partial charge in [0.2, 0.25) is 0 Å². The number of methoxy groups -OCH3 is 1. The Balaban J connectivity index is 1.80. The van der Waals surface area contributed by atoms with Crippen LogP contribution in [0.5, 0.6) is 11.5 Å². The molecule has 0 aliphatic carbocycles. The van der Waals surface area contributed by atoms with Gasteiger partial charge in [-0.15, -0.1) is 0 Å². The van der Waals surface area contributed by atoms with Crippen molar-refractivity contribution >= 4 is 5.69 Å². The number of nitro groups is 1. The summed E-state index contributed by atoms with van der Waals surface area (Å²) in [6.07, 6.45) is -0.477. The number of nitrogens with one attached hydrogen (secondary N) is 1. The van der Waals surface area contributed by atoms with E-state index in [1.165, 1.54) is 19.2 Å². The number of nitro benzene ring substituents is 1. The molecule has 2 saturated heterocycles. The molecule has 1 unspecified atom stereocenters. The van der Waals surface area contributed by atoms with Gasteiger partial charge < -0.3 is 14.8 Å². The lowest BCUT2D eigenvalue weighted by molar-refractivity contribution is -0.385. The van der Waals surface area contributed by atoms with E-state index in [9.17, 15) is 18.9 Å². The van der Waals surface area contributed by atoms with Gasteiger partial charge >= 0.3 is 0 Å². The maximum atomic E-state index is 12.4. The minimum absolute atomic E-state index is 0.0406. The number of alkyl halides is 2. The Morgan fingerprint density at radius 3 is 2.81 bits per heavy atom. The number of halogens is 2. The first-order valence-corrected chi connectivity index (χ1v) is 8.62. The summed E-state index contributed by atoms with van der Waals surface area (Å²) < 4.78 is 35.0. The predicted molar refractivity (Wildman–Crippen MR) is 91.0 cm³/mol. The number of benzene rings is 1. The van der Waals surface area contributed by atoms with Gasteiger partial charge in [-0.2, -0.15) is 0 Å². The highest BCUT2D eigenvalue weighted by atomic mass is 19.3. The number of ether oxygens (including phenoxy) is 2. The fraction of sp³-hybridized carbons (Fsp3) is 0.647. The Morgan fingerprint density at radius 1 is 1.38 bits per heavy atom. The topological polar surface area (TPSA) is 76.9 Å². The van der Waals surface area contributed by atoms with Crippen molar-refractivity contribution in [2.24, 2.45) is 5.41 Å². The third kappa shape index (κ3) is 4.04. The summed E-state index contributed by atoms with van der Waals surface area (Å²) in [6.45, 7) is 3.35. The lowest BCUT2D eigenvalue weighted by Gasteiger charge is -2.23. The summed E-state index contributed by atoms with van der Waals surface area (Å²) in [5.74, 6) is 0.184. The summed E-state index contributed by atoms with van der Waals surface area (Å²) >= 11 is 0. The van der Waals surface area contributed by atoms with E-state index in [4.69, 9.17) is 9.47 Å². The zero-order valence-electron chi connectivity index (χ0n) is 14.7. The van der Waals surface area contributed by atoms with Crippen molar-refractivity contribution in [1.82, 2.24) is 10.2 Å². The molecule has 1 N–H and O–H groups in total. The van der Waals surface area contributed by atoms with Crippen molar-refractivity contribution in [2.45, 2.75) is 25.8 Å². The summed E-state index contributed by atoms with van der Waals surface area (Å²) in [4.78, 5) is 13.2. The number of hydrogen-bond donors (Lipinski definition) is 1. The van der Waals surface area contributed by atoms with E-state index in [0.29, 0.717) is 12.1 Å². The van der Waals surface area contributed by atoms with Crippen molar-refractivity contribution in [2.75, 3.05) is 39.9 Å². The van der Waals surface area contributed by atoms with Gasteiger partial charge in [0.1, 0.15) is 6.61 Å². The van der Waals surface area contributed by atoms with Gasteiger partial charge in [-0.25, -0.2) is 8.78 Å². The Kier molecular flexibility index (Phi) is 5.57. The molecule has 2 fully saturated rings. The molecule has 2 aliphatic rings. The van der Waals surface area contributed by atoms with Crippen molar-refractivity contribution < 1.29 is 23.2 Å². The molecule has 2 aliphatic heterocycles. The highest BCUT2D eigenvalue weighted by molar-refractivity contribution is 5.54. The molecule has 0 aromatic heterocycles. The van der Waals surface area contributed by atoms with Crippen LogP contribution in [0, 0.1) is 15.5 Å². The SMILES string of the molecule is COc1cc(CN2CCC3(CCNC3)C2)c([N+](=O)[O-])cc1OCC(F)F. The van der Waals surface area contributed by atoms with E-state index in [-0.39, 0.29) is 22.6 Å². The van der Waals surface area contributed by atoms with E-state index in [1.54, 1.807) is 0 Å². The second kappa shape index (κ2) is 7.71. The van der Waals surface area contributed by atoms with Crippen LogP contribution in [0.4, 0.5) is 14.5 Å². The smallest absolute Gasteiger partial charge is 0.277 e. The van der Waals surface area contributed by atoms with E-state index in [0.717, 1.165) is 39.0 Å². The largest absolute Gasteiger partial charge is 0.493 e. The highest BCUT2D eigenvalue weighted by Crippen LogP contribution is 2.39. The zero-order chi connectivity index (χ0) is 18.7. The van der Waals surface area contributed by atoms with Crippen LogP contribution >= 0.6 is 0 Å². The average molecular weight is 371 g/mol. The monoisotopic (exact) mass is 371 g/mol. The lowest BCUT2D eigenvalue weighted by atomic mass is 9.86. The van der Waals surface area contributed by atoms with Crippen molar-refractivity contribution in [3.05, 3.63) is 27.8 Å². The lowest BCUT2D eigenvalue weighted by Crippen LogP contribution is -2.29. The first-order valence-electron chi connectivity index (χ1n) is 8.62. The predicted octanol–water partition coefficient (Wildman–Crippen LogP) is 2.43. The molecule has 7 nitrogen and oxygen atoms in total. The van der Waals surface area contributed by atoms with Crippen molar-refractivity contribution in [3.8, 4) is 11.5 Å². The van der Waals surface area contributed by atoms with Crippen LogP contribution in [0.2, 0.25) is 0 Å². The molecule has 1 aromatic rings. The molecular formula is C17H23F2N3O4. The van der Waals surface area contributed by atoms with Gasteiger partial charge in [0, 0.05) is 25.2 Å². The van der Waals surface area contributed by atoms with Crippen LogP contribution < -0.4 is 14.8 Å². The van der Waals surface area contributed by atoms with Crippen LogP contribution in [-0.4, -0.2) is 56.1 Å². The van der Waals surface area contributed by atoms with E-state index in [2.05, 4.69) is 10.2 Å². The van der Waals surface area contributed by atoms with Gasteiger partial charge in [0.05, 0.1) is 18.1 Å². The number of hydrogen-bond acceptors (Lipinski definition) is 6. The van der Waals surface area contributed by atoms with Gasteiger partial charge in [0.15, 0.2) is 11.5 Å². The van der Waals surface area contributed by atoms with Crippen LogP contribution in [0.25, 0.3) is 0 Å². The molecule has 0 bridgehead atoms. The first-order chi connectivity index (χ1) is 12.4. The van der Waals surface area contributed by atoms with Crippen molar-refractivity contribution in [1.29, 1.82) is 0 Å². The van der Waals surface area contributed by atoms with Crippen LogP contribution in [-0.2, 0) is 6.54 Å². The summed E-state index contributed by atoms with van der Waals surface area (Å²) in [6, 6.07) is 2.70. The van der Waals surface area contributed by atoms with Gasteiger partial charge in [-0.3, -0.25) is 15.0 Å². The minimum atomic E-state index is -2.67. The molecule has 1 spiro atoms. The third-order valence-electron chi connectivity index (χ3n) is 5.17. The molecule has 2 heterocycles. The van der Waals surface area contributed by atoms with E-state index >= 15 is 0 Å². The molecule has 1 aromatic carbocycles. The normalized spacial score (nSPS) is 23.1. The van der Waals surface area contributed by atoms with Gasteiger partial charge in [-0.1, -0.05) is 0 Å². The van der Waals surface area contributed by atoms with E-state index in [1.807, 2.05) is 0 Å². The molecular weight excluding hydrogens is 348 g/mol. The maximum absolute atomic E-state index is 12.4. The molecule has 1 atom stereocenters. The van der Waals surface area contributed by atoms with Crippen molar-refractivity contribution in [3.63, 3.8) is 0 Å². The highest BCUT2D eigenvalue weighted by Gasteiger charge is 2.40. The average Bonchev–Trinajstić information content (AvgIpc) is 3.22. The molecule has 144 valence electrons. The molecule has 0 saturated carbocycles. The molecule has 3 rings (SSSR count). The van der Waals surface area contributed by atoms with Gasteiger partial charge in [0.25, 0.3) is 12.1 Å². The Bertz CT molecular complexity index is 666. The number of nitrogens with zero attached hydrogens (tertiary/aromatic N) is 2. The zero-order valence-corrected chi connectivity index (χ0v) is 14.7. The standard InChI is InChI=1S/C17H23F2N3O4/c1-25-14-6-12(8-21-5-3-17(11-21)2-4-20-10-17)13(22(23)24)7-15(14)26-9-16(18)19/h6-7,16,20H,2-5,8-11H2,1H3. The Labute approximate surface area is 150 Å². The quantitative estimate of drug-likeness (QED) is 0.586. The molecule has 0 radical (unpaired) electrons. The third-order valence-corrected chi connectivity index (χ3v) is 5.17. The maximum Gasteiger partial charge on any atom is 0.277 e. The van der Waals surface area contributed by atoms with Crippen LogP contribution in [0.1, 0.15) is 18.4 Å². The second-order valence-electron chi connectivity index (χ2n) is 6.98. The van der Waals surface area contributed by atoms with E-state index < -0.39 is 18.0 Å².